The van der Waals surface area contributed by atoms with E-state index in [4.69, 9.17) is 4.74 Å². The molecule has 0 amide bonds. The minimum atomic E-state index is -0.214. The molecule has 0 unspecified atom stereocenters. The van der Waals surface area contributed by atoms with Crippen LogP contribution < -0.4 is 10.1 Å². The van der Waals surface area contributed by atoms with Gasteiger partial charge in [-0.15, -0.1) is 5.10 Å². The minimum absolute atomic E-state index is 0.0940. The number of hydrogen-bond donors (Lipinski definition) is 1. The van der Waals surface area contributed by atoms with Gasteiger partial charge in [-0.2, -0.15) is 0 Å². The summed E-state index contributed by atoms with van der Waals surface area (Å²) in [5.74, 6) is 0. The maximum absolute atomic E-state index is 5.63. The monoisotopic (exact) mass is 243 g/mol. The fraction of sp³-hybridized carbons (Fsp3) is 0.818. The number of ether oxygens (including phenoxy) is 1. The highest BCUT2D eigenvalue weighted by molar-refractivity contribution is 7.13. The molecule has 4 nitrogen and oxygen atoms in total. The smallest absolute Gasteiger partial charge is 0.294 e. The van der Waals surface area contributed by atoms with Gasteiger partial charge in [0.05, 0.1) is 6.54 Å². The van der Waals surface area contributed by atoms with Crippen molar-refractivity contribution in [3.05, 3.63) is 5.01 Å². The molecule has 0 atom stereocenters. The fourth-order valence-electron chi connectivity index (χ4n) is 0.954. The van der Waals surface area contributed by atoms with Gasteiger partial charge in [0.2, 0.25) is 0 Å². The van der Waals surface area contributed by atoms with Gasteiger partial charge in [-0.05, 0) is 41.5 Å². The summed E-state index contributed by atoms with van der Waals surface area (Å²) >= 11 is 1.49. The Kier molecular flexibility index (Phi) is 3.91. The van der Waals surface area contributed by atoms with Crippen LogP contribution in [0, 0.1) is 0 Å². The van der Waals surface area contributed by atoms with E-state index < -0.39 is 0 Å². The van der Waals surface area contributed by atoms with Gasteiger partial charge in [-0.25, -0.2) is 0 Å². The average molecular weight is 243 g/mol. The van der Waals surface area contributed by atoms with Gasteiger partial charge in [0, 0.05) is 5.54 Å². The van der Waals surface area contributed by atoms with Crippen molar-refractivity contribution in [3.63, 3.8) is 0 Å². The quantitative estimate of drug-likeness (QED) is 0.886. The first-order valence-corrected chi connectivity index (χ1v) is 6.24. The molecular formula is C11H21N3OS. The van der Waals surface area contributed by atoms with Crippen molar-refractivity contribution in [2.75, 3.05) is 0 Å². The van der Waals surface area contributed by atoms with Gasteiger partial charge >= 0.3 is 0 Å². The summed E-state index contributed by atoms with van der Waals surface area (Å²) in [6.45, 7) is 13.1. The Labute approximate surface area is 101 Å². The second-order valence-corrected chi connectivity index (χ2v) is 6.80. The first kappa shape index (κ1) is 13.4. The topological polar surface area (TPSA) is 47.0 Å². The van der Waals surface area contributed by atoms with Crippen LogP contribution in [-0.4, -0.2) is 21.3 Å². The van der Waals surface area contributed by atoms with Crippen molar-refractivity contribution >= 4 is 11.3 Å². The first-order valence-electron chi connectivity index (χ1n) is 5.42. The van der Waals surface area contributed by atoms with Crippen molar-refractivity contribution in [1.82, 2.24) is 15.5 Å². The van der Waals surface area contributed by atoms with Crippen LogP contribution in [0.15, 0.2) is 0 Å². The maximum Gasteiger partial charge on any atom is 0.294 e. The molecule has 92 valence electrons. The average Bonchev–Trinajstić information content (AvgIpc) is 2.44. The highest BCUT2D eigenvalue weighted by atomic mass is 32.1. The van der Waals surface area contributed by atoms with Crippen molar-refractivity contribution in [3.8, 4) is 5.19 Å². The first-order chi connectivity index (χ1) is 7.16. The van der Waals surface area contributed by atoms with Crippen LogP contribution in [0.3, 0.4) is 0 Å². The van der Waals surface area contributed by atoms with Crippen LogP contribution in [-0.2, 0) is 6.54 Å². The minimum Gasteiger partial charge on any atom is -0.463 e. The van der Waals surface area contributed by atoms with Gasteiger partial charge in [0.1, 0.15) is 10.6 Å². The van der Waals surface area contributed by atoms with Crippen LogP contribution in [0.25, 0.3) is 0 Å². The van der Waals surface area contributed by atoms with E-state index >= 15 is 0 Å². The summed E-state index contributed by atoms with van der Waals surface area (Å²) in [7, 11) is 0. The van der Waals surface area contributed by atoms with Crippen LogP contribution in [0.4, 0.5) is 0 Å². The van der Waals surface area contributed by atoms with Gasteiger partial charge in [-0.1, -0.05) is 16.4 Å². The predicted octanol–water partition coefficient (Wildman–Crippen LogP) is 2.60. The van der Waals surface area contributed by atoms with E-state index in [0.29, 0.717) is 5.19 Å². The Hall–Kier alpha value is -0.680. The van der Waals surface area contributed by atoms with Gasteiger partial charge < -0.3 is 10.1 Å². The van der Waals surface area contributed by atoms with Crippen molar-refractivity contribution in [2.45, 2.75) is 59.2 Å². The number of rotatable bonds is 3. The number of hydrogen-bond acceptors (Lipinski definition) is 5. The van der Waals surface area contributed by atoms with Crippen molar-refractivity contribution < 1.29 is 4.74 Å². The fourth-order valence-corrected chi connectivity index (χ4v) is 1.75. The molecule has 0 aliphatic carbocycles. The maximum atomic E-state index is 5.63. The molecular weight excluding hydrogens is 222 g/mol. The standard InChI is InChI=1S/C11H21N3OS/c1-10(2,3)12-7-8-13-14-9(16-8)15-11(4,5)6/h12H,7H2,1-6H3. The Morgan fingerprint density at radius 1 is 1.12 bits per heavy atom. The summed E-state index contributed by atoms with van der Waals surface area (Å²) in [6, 6.07) is 0. The summed E-state index contributed by atoms with van der Waals surface area (Å²) < 4.78 is 5.63. The summed E-state index contributed by atoms with van der Waals surface area (Å²) in [6.07, 6.45) is 0. The molecule has 1 rings (SSSR count). The lowest BCUT2D eigenvalue weighted by Crippen LogP contribution is -2.35. The predicted molar refractivity (Wildman–Crippen MR) is 66.9 cm³/mol. The normalized spacial score (nSPS) is 12.9. The molecule has 0 spiro atoms. The van der Waals surface area contributed by atoms with Gasteiger partial charge in [0.15, 0.2) is 0 Å². The Bertz CT molecular complexity index is 336. The number of nitrogens with one attached hydrogen (secondary N) is 1. The van der Waals surface area contributed by atoms with E-state index in [-0.39, 0.29) is 11.1 Å². The SMILES string of the molecule is CC(C)(C)NCc1nnc(OC(C)(C)C)s1. The number of nitrogens with zero attached hydrogens (tertiary/aromatic N) is 2. The third kappa shape index (κ3) is 5.42. The lowest BCUT2D eigenvalue weighted by Gasteiger charge is -2.19. The highest BCUT2D eigenvalue weighted by Crippen LogP contribution is 2.22. The molecule has 0 radical (unpaired) electrons. The Balaban J connectivity index is 2.52. The molecule has 1 heterocycles. The molecule has 0 saturated heterocycles. The van der Waals surface area contributed by atoms with E-state index in [1.54, 1.807) is 0 Å². The van der Waals surface area contributed by atoms with Crippen molar-refractivity contribution in [2.24, 2.45) is 0 Å². The molecule has 0 bridgehead atoms. The molecule has 0 fully saturated rings. The summed E-state index contributed by atoms with van der Waals surface area (Å²) in [5, 5.41) is 13.0. The van der Waals surface area contributed by atoms with Crippen LogP contribution in [0.1, 0.15) is 46.6 Å². The largest absolute Gasteiger partial charge is 0.463 e. The molecule has 1 aromatic rings. The van der Waals surface area contributed by atoms with Gasteiger partial charge in [-0.3, -0.25) is 0 Å². The molecule has 1 aromatic heterocycles. The lowest BCUT2D eigenvalue weighted by molar-refractivity contribution is 0.129. The van der Waals surface area contributed by atoms with E-state index in [1.165, 1.54) is 11.3 Å². The zero-order chi connectivity index (χ0) is 12.4. The third-order valence-corrected chi connectivity index (χ3v) is 2.41. The van der Waals surface area contributed by atoms with E-state index in [1.807, 2.05) is 20.8 Å². The van der Waals surface area contributed by atoms with Crippen molar-refractivity contribution in [1.29, 1.82) is 0 Å². The van der Waals surface area contributed by atoms with E-state index in [2.05, 4.69) is 36.3 Å². The summed E-state index contributed by atoms with van der Waals surface area (Å²) in [4.78, 5) is 0. The van der Waals surface area contributed by atoms with E-state index in [0.717, 1.165) is 11.6 Å². The zero-order valence-electron chi connectivity index (χ0n) is 10.9. The highest BCUT2D eigenvalue weighted by Gasteiger charge is 2.16. The lowest BCUT2D eigenvalue weighted by atomic mass is 10.1. The molecule has 0 saturated carbocycles. The van der Waals surface area contributed by atoms with Gasteiger partial charge in [0.25, 0.3) is 5.19 Å². The van der Waals surface area contributed by atoms with Crippen LogP contribution >= 0.6 is 11.3 Å². The Morgan fingerprint density at radius 3 is 2.25 bits per heavy atom. The molecule has 0 aromatic carbocycles. The molecule has 5 heteroatoms. The van der Waals surface area contributed by atoms with Crippen LogP contribution in [0.2, 0.25) is 0 Å². The second kappa shape index (κ2) is 4.67. The van der Waals surface area contributed by atoms with E-state index in [9.17, 15) is 0 Å². The molecule has 0 aliphatic rings. The number of aromatic nitrogens is 2. The van der Waals surface area contributed by atoms with Crippen LogP contribution in [0.5, 0.6) is 5.19 Å². The zero-order valence-corrected chi connectivity index (χ0v) is 11.7. The summed E-state index contributed by atoms with van der Waals surface area (Å²) in [5.41, 5.74) is -0.120. The Morgan fingerprint density at radius 2 is 1.75 bits per heavy atom. The molecule has 0 aliphatic heterocycles. The second-order valence-electron chi connectivity index (χ2n) is 5.78. The third-order valence-electron chi connectivity index (χ3n) is 1.61. The molecule has 1 N–H and O–H groups in total. The molecule has 16 heavy (non-hydrogen) atoms.